The number of carbonyl (C=O) groups excluding carboxylic acids is 1. The van der Waals surface area contributed by atoms with E-state index in [0.29, 0.717) is 17.4 Å². The molecule has 23 heavy (non-hydrogen) atoms. The lowest BCUT2D eigenvalue weighted by molar-refractivity contribution is 0.100. The lowest BCUT2D eigenvalue weighted by atomic mass is 10.1. The third-order valence-electron chi connectivity index (χ3n) is 3.79. The Morgan fingerprint density at radius 1 is 1.26 bits per heavy atom. The zero-order chi connectivity index (χ0) is 16.4. The summed E-state index contributed by atoms with van der Waals surface area (Å²) in [5.41, 5.74) is 8.86. The van der Waals surface area contributed by atoms with E-state index in [1.807, 2.05) is 12.1 Å². The van der Waals surface area contributed by atoms with Crippen LogP contribution in [0.5, 0.6) is 0 Å². The van der Waals surface area contributed by atoms with Crippen molar-refractivity contribution < 1.29 is 4.79 Å². The molecular formula is C17H21N5O. The van der Waals surface area contributed by atoms with Gasteiger partial charge in [0.1, 0.15) is 5.82 Å². The lowest BCUT2D eigenvalue weighted by Crippen LogP contribution is -2.27. The largest absolute Gasteiger partial charge is 0.368 e. The van der Waals surface area contributed by atoms with Crippen molar-refractivity contribution in [2.75, 3.05) is 11.9 Å². The topological polar surface area (TPSA) is 92.9 Å². The number of hydrogen-bond acceptors (Lipinski definition) is 5. The predicted octanol–water partition coefficient (Wildman–Crippen LogP) is 1.71. The van der Waals surface area contributed by atoms with Gasteiger partial charge in [0.15, 0.2) is 5.82 Å². The summed E-state index contributed by atoms with van der Waals surface area (Å²) in [6.45, 7) is 5.88. The Bertz CT molecular complexity index is 725. The van der Waals surface area contributed by atoms with Gasteiger partial charge in [0.05, 0.1) is 5.69 Å². The van der Waals surface area contributed by atoms with Gasteiger partial charge in [-0.3, -0.25) is 4.79 Å². The first-order valence-corrected chi connectivity index (χ1v) is 7.82. The smallest absolute Gasteiger partial charge is 0.248 e. The van der Waals surface area contributed by atoms with Crippen molar-refractivity contribution in [1.82, 2.24) is 15.3 Å². The Hall–Kier alpha value is -2.47. The number of aromatic nitrogens is 2. The molecule has 2 aromatic rings. The van der Waals surface area contributed by atoms with Crippen molar-refractivity contribution >= 4 is 11.7 Å². The van der Waals surface area contributed by atoms with E-state index < -0.39 is 5.91 Å². The molecule has 6 heteroatoms. The normalized spacial score (nSPS) is 13.7. The molecule has 1 aliphatic heterocycles. The van der Waals surface area contributed by atoms with Gasteiger partial charge in [0.2, 0.25) is 5.91 Å². The highest BCUT2D eigenvalue weighted by atomic mass is 16.1. The number of carbonyl (C=O) groups is 1. The average molecular weight is 311 g/mol. The number of nitrogens with two attached hydrogens (primary N) is 1. The fraction of sp³-hybridized carbons (Fsp3) is 0.353. The van der Waals surface area contributed by atoms with Gasteiger partial charge in [-0.05, 0) is 38.9 Å². The summed E-state index contributed by atoms with van der Waals surface area (Å²) in [6.07, 6.45) is 0.922. The van der Waals surface area contributed by atoms with Gasteiger partial charge in [-0.15, -0.1) is 0 Å². The summed E-state index contributed by atoms with van der Waals surface area (Å²) in [5, 5.41) is 6.76. The van der Waals surface area contributed by atoms with Crippen LogP contribution in [0.25, 0.3) is 11.4 Å². The second-order valence-electron chi connectivity index (χ2n) is 5.99. The minimum Gasteiger partial charge on any atom is -0.368 e. The van der Waals surface area contributed by atoms with Crippen molar-refractivity contribution in [2.24, 2.45) is 5.73 Å². The van der Waals surface area contributed by atoms with Crippen LogP contribution in [0.1, 0.15) is 35.5 Å². The fourth-order valence-corrected chi connectivity index (χ4v) is 2.66. The van der Waals surface area contributed by atoms with Crippen LogP contribution in [0.2, 0.25) is 0 Å². The van der Waals surface area contributed by atoms with Gasteiger partial charge >= 0.3 is 0 Å². The van der Waals surface area contributed by atoms with Crippen LogP contribution in [0.3, 0.4) is 0 Å². The highest BCUT2D eigenvalue weighted by Crippen LogP contribution is 2.25. The van der Waals surface area contributed by atoms with E-state index in [1.165, 1.54) is 5.56 Å². The van der Waals surface area contributed by atoms with E-state index in [4.69, 9.17) is 15.7 Å². The highest BCUT2D eigenvalue weighted by Gasteiger charge is 2.18. The molecule has 0 saturated carbocycles. The van der Waals surface area contributed by atoms with Crippen molar-refractivity contribution in [3.05, 3.63) is 41.1 Å². The highest BCUT2D eigenvalue weighted by molar-refractivity contribution is 5.93. The van der Waals surface area contributed by atoms with Crippen LogP contribution >= 0.6 is 0 Å². The minimum atomic E-state index is -0.436. The zero-order valence-electron chi connectivity index (χ0n) is 13.4. The van der Waals surface area contributed by atoms with Gasteiger partial charge in [0.25, 0.3) is 0 Å². The molecular weight excluding hydrogens is 290 g/mol. The monoisotopic (exact) mass is 311 g/mol. The zero-order valence-corrected chi connectivity index (χ0v) is 13.4. The second-order valence-corrected chi connectivity index (χ2v) is 5.99. The number of nitrogens with one attached hydrogen (secondary N) is 2. The standard InChI is InChI=1S/C17H21N5O/c1-10(2)20-17-13-7-8-19-9-14(13)21-16(22-17)12-5-3-11(4-6-12)15(18)23/h3-6,10,19H,7-9H2,1-2H3,(H2,18,23)(H,20,21,22). The molecule has 0 aliphatic carbocycles. The molecule has 4 N–H and O–H groups in total. The van der Waals surface area contributed by atoms with E-state index in [2.05, 4.69) is 24.5 Å². The molecule has 6 nitrogen and oxygen atoms in total. The lowest BCUT2D eigenvalue weighted by Gasteiger charge is -2.22. The van der Waals surface area contributed by atoms with Gasteiger partial charge in [-0.25, -0.2) is 9.97 Å². The summed E-state index contributed by atoms with van der Waals surface area (Å²) in [5.74, 6) is 1.13. The molecule has 1 aromatic heterocycles. The Labute approximate surface area is 135 Å². The summed E-state index contributed by atoms with van der Waals surface area (Å²) in [6, 6.07) is 7.37. The Morgan fingerprint density at radius 2 is 2.00 bits per heavy atom. The quantitative estimate of drug-likeness (QED) is 0.799. The van der Waals surface area contributed by atoms with E-state index in [9.17, 15) is 4.79 Å². The van der Waals surface area contributed by atoms with Crippen molar-refractivity contribution in [1.29, 1.82) is 0 Å². The average Bonchev–Trinajstić information content (AvgIpc) is 2.54. The number of anilines is 1. The molecule has 2 heterocycles. The molecule has 0 unspecified atom stereocenters. The minimum absolute atomic E-state index is 0.300. The van der Waals surface area contributed by atoms with E-state index in [0.717, 1.165) is 36.6 Å². The number of fused-ring (bicyclic) bond motifs is 1. The molecule has 0 bridgehead atoms. The summed E-state index contributed by atoms with van der Waals surface area (Å²) >= 11 is 0. The van der Waals surface area contributed by atoms with Crippen LogP contribution < -0.4 is 16.4 Å². The van der Waals surface area contributed by atoms with E-state index >= 15 is 0 Å². The van der Waals surface area contributed by atoms with Crippen LogP contribution in [-0.4, -0.2) is 28.5 Å². The van der Waals surface area contributed by atoms with Crippen LogP contribution in [0.4, 0.5) is 5.82 Å². The van der Waals surface area contributed by atoms with Crippen molar-refractivity contribution in [3.8, 4) is 11.4 Å². The SMILES string of the molecule is CC(C)Nc1nc(-c2ccc(C(N)=O)cc2)nc2c1CCNC2. The molecule has 1 aliphatic rings. The number of amides is 1. The second kappa shape index (κ2) is 6.34. The first-order chi connectivity index (χ1) is 11.0. The molecule has 0 spiro atoms. The van der Waals surface area contributed by atoms with Crippen LogP contribution in [-0.2, 0) is 13.0 Å². The first-order valence-electron chi connectivity index (χ1n) is 7.82. The number of rotatable bonds is 4. The van der Waals surface area contributed by atoms with Gasteiger partial charge < -0.3 is 16.4 Å². The van der Waals surface area contributed by atoms with Crippen LogP contribution in [0, 0.1) is 0 Å². The van der Waals surface area contributed by atoms with Gasteiger partial charge in [-0.2, -0.15) is 0 Å². The van der Waals surface area contributed by atoms with E-state index in [-0.39, 0.29) is 0 Å². The molecule has 1 amide bonds. The van der Waals surface area contributed by atoms with Crippen LogP contribution in [0.15, 0.2) is 24.3 Å². The molecule has 3 rings (SSSR count). The Kier molecular flexibility index (Phi) is 4.25. The van der Waals surface area contributed by atoms with Gasteiger partial charge in [-0.1, -0.05) is 12.1 Å². The molecule has 1 aromatic carbocycles. The first kappa shape index (κ1) is 15.4. The predicted molar refractivity (Wildman–Crippen MR) is 90.2 cm³/mol. The number of nitrogens with zero attached hydrogens (tertiary/aromatic N) is 2. The molecule has 0 saturated heterocycles. The van der Waals surface area contributed by atoms with Crippen molar-refractivity contribution in [2.45, 2.75) is 32.9 Å². The summed E-state index contributed by atoms with van der Waals surface area (Å²) < 4.78 is 0. The number of primary amides is 1. The summed E-state index contributed by atoms with van der Waals surface area (Å²) in [7, 11) is 0. The maximum atomic E-state index is 11.2. The molecule has 0 atom stereocenters. The third-order valence-corrected chi connectivity index (χ3v) is 3.79. The van der Waals surface area contributed by atoms with Crippen molar-refractivity contribution in [3.63, 3.8) is 0 Å². The number of benzene rings is 1. The maximum absolute atomic E-state index is 11.2. The molecule has 120 valence electrons. The maximum Gasteiger partial charge on any atom is 0.248 e. The summed E-state index contributed by atoms with van der Waals surface area (Å²) in [4.78, 5) is 20.6. The Morgan fingerprint density at radius 3 is 2.65 bits per heavy atom. The Balaban J connectivity index is 2.03. The third kappa shape index (κ3) is 3.32. The van der Waals surface area contributed by atoms with Gasteiger partial charge in [0, 0.05) is 29.3 Å². The molecule has 0 radical (unpaired) electrons. The fourth-order valence-electron chi connectivity index (χ4n) is 2.66. The van der Waals surface area contributed by atoms with E-state index in [1.54, 1.807) is 12.1 Å². The number of hydrogen-bond donors (Lipinski definition) is 3. The molecule has 0 fully saturated rings.